The summed E-state index contributed by atoms with van der Waals surface area (Å²) < 4.78 is 0. The van der Waals surface area contributed by atoms with Crippen molar-refractivity contribution >= 4 is 17.8 Å². The smallest absolute Gasteiger partial charge is 0.219 e. The second-order valence-electron chi connectivity index (χ2n) is 13.5. The van der Waals surface area contributed by atoms with Crippen molar-refractivity contribution in [2.45, 2.75) is 57.7 Å². The molecule has 5 heteroatoms. The van der Waals surface area contributed by atoms with Gasteiger partial charge in [-0.05, 0) is 77.8 Å². The Hall–Kier alpha value is -4.87. The van der Waals surface area contributed by atoms with E-state index in [9.17, 15) is 9.59 Å². The summed E-state index contributed by atoms with van der Waals surface area (Å²) in [4.78, 5) is 34.2. The Morgan fingerprint density at radius 1 is 0.787 bits per heavy atom. The highest BCUT2D eigenvalue weighted by Crippen LogP contribution is 2.46. The van der Waals surface area contributed by atoms with E-state index >= 15 is 0 Å². The second kappa shape index (κ2) is 13.5. The maximum absolute atomic E-state index is 13.4. The van der Waals surface area contributed by atoms with Gasteiger partial charge in [0.25, 0.3) is 0 Å². The topological polar surface area (TPSA) is 53.5 Å². The van der Waals surface area contributed by atoms with Gasteiger partial charge in [-0.2, -0.15) is 0 Å². The number of carbonyl (C=O) groups excluding carboxylic acids is 2. The predicted molar refractivity (Wildman–Crippen MR) is 189 cm³/mol. The fourth-order valence-corrected chi connectivity index (χ4v) is 7.46. The molecule has 1 aliphatic heterocycles. The standard InChI is InChI=1S/C42H43N3O2/c1-31(2)26-33-27-43-25-24-32(33)28-44-30-45(40(39(47)29-46)41(44,3)4)38-22-20-37(21-23-38)42(34-14-8-5-9-15-34,35-16-10-6-11-17-35)36-18-12-7-13-19-36/h5-25,27,29,31,40H,26,28,30H2,1-4H3. The monoisotopic (exact) mass is 621 g/mol. The maximum Gasteiger partial charge on any atom is 0.219 e. The number of anilines is 1. The normalized spacial score (nSPS) is 16.4. The van der Waals surface area contributed by atoms with Crippen LogP contribution in [0.3, 0.4) is 0 Å². The van der Waals surface area contributed by atoms with Crippen LogP contribution in [0.1, 0.15) is 61.1 Å². The molecule has 0 amide bonds. The van der Waals surface area contributed by atoms with Crippen LogP contribution in [0.5, 0.6) is 0 Å². The Labute approximate surface area is 278 Å². The number of carbonyl (C=O) groups is 2. The Kier molecular flexibility index (Phi) is 9.19. The SMILES string of the molecule is CC(C)Cc1cnccc1CN1CN(c2ccc(C(c3ccccc3)(c3ccccc3)c3ccccc3)cc2)C(C(=O)C=O)C1(C)C. The van der Waals surface area contributed by atoms with Crippen LogP contribution >= 0.6 is 0 Å². The highest BCUT2D eigenvalue weighted by Gasteiger charge is 2.50. The van der Waals surface area contributed by atoms with E-state index in [2.05, 4.69) is 164 Å². The van der Waals surface area contributed by atoms with Crippen molar-refractivity contribution < 1.29 is 9.59 Å². The summed E-state index contributed by atoms with van der Waals surface area (Å²) in [6.45, 7) is 9.74. The van der Waals surface area contributed by atoms with Crippen molar-refractivity contribution in [3.63, 3.8) is 0 Å². The van der Waals surface area contributed by atoms with Gasteiger partial charge in [0, 0.05) is 30.2 Å². The van der Waals surface area contributed by atoms with Gasteiger partial charge >= 0.3 is 0 Å². The molecule has 5 nitrogen and oxygen atoms in total. The van der Waals surface area contributed by atoms with E-state index in [4.69, 9.17) is 0 Å². The molecule has 1 aromatic heterocycles. The molecule has 4 aromatic carbocycles. The molecule has 1 aliphatic rings. The average Bonchev–Trinajstić information content (AvgIpc) is 3.36. The van der Waals surface area contributed by atoms with Crippen molar-refractivity contribution in [1.29, 1.82) is 0 Å². The number of pyridine rings is 1. The zero-order valence-corrected chi connectivity index (χ0v) is 27.7. The number of hydrogen-bond donors (Lipinski definition) is 0. The van der Waals surface area contributed by atoms with Crippen LogP contribution in [0.15, 0.2) is 134 Å². The molecule has 5 aromatic rings. The lowest BCUT2D eigenvalue weighted by Crippen LogP contribution is -2.51. The number of rotatable bonds is 11. The van der Waals surface area contributed by atoms with E-state index in [0.29, 0.717) is 25.4 Å². The van der Waals surface area contributed by atoms with E-state index in [1.165, 1.54) is 27.8 Å². The van der Waals surface area contributed by atoms with Gasteiger partial charge in [-0.3, -0.25) is 19.5 Å². The van der Waals surface area contributed by atoms with E-state index in [0.717, 1.165) is 17.7 Å². The van der Waals surface area contributed by atoms with Crippen LogP contribution < -0.4 is 4.90 Å². The highest BCUT2D eigenvalue weighted by molar-refractivity contribution is 6.28. The van der Waals surface area contributed by atoms with Gasteiger partial charge in [0.1, 0.15) is 6.04 Å². The lowest BCUT2D eigenvalue weighted by Gasteiger charge is -2.37. The fraction of sp³-hybridized carbons (Fsp3) is 0.262. The van der Waals surface area contributed by atoms with Crippen LogP contribution in [0.4, 0.5) is 5.69 Å². The minimum Gasteiger partial charge on any atom is -0.346 e. The molecule has 6 rings (SSSR count). The van der Waals surface area contributed by atoms with Crippen molar-refractivity contribution in [2.75, 3.05) is 11.6 Å². The highest BCUT2D eigenvalue weighted by atomic mass is 16.2. The summed E-state index contributed by atoms with van der Waals surface area (Å²) in [5.41, 5.74) is 6.81. The van der Waals surface area contributed by atoms with E-state index in [-0.39, 0.29) is 0 Å². The number of aromatic nitrogens is 1. The first kappa shape index (κ1) is 32.1. The third kappa shape index (κ3) is 6.04. The van der Waals surface area contributed by atoms with Crippen LogP contribution in [-0.2, 0) is 28.0 Å². The molecule has 0 bridgehead atoms. The van der Waals surface area contributed by atoms with Gasteiger partial charge in [0.15, 0.2) is 6.29 Å². The van der Waals surface area contributed by atoms with Crippen LogP contribution in [0, 0.1) is 5.92 Å². The lowest BCUT2D eigenvalue weighted by molar-refractivity contribution is -0.131. The molecule has 47 heavy (non-hydrogen) atoms. The van der Waals surface area contributed by atoms with E-state index < -0.39 is 22.8 Å². The molecule has 1 atom stereocenters. The number of aldehydes is 1. The van der Waals surface area contributed by atoms with Gasteiger partial charge in [-0.25, -0.2) is 0 Å². The maximum atomic E-state index is 13.4. The van der Waals surface area contributed by atoms with Gasteiger partial charge in [0.2, 0.25) is 5.78 Å². The molecular formula is C42H43N3O2. The van der Waals surface area contributed by atoms with Crippen LogP contribution in [0.2, 0.25) is 0 Å². The third-order valence-electron chi connectivity index (χ3n) is 9.75. The van der Waals surface area contributed by atoms with Gasteiger partial charge < -0.3 is 4.90 Å². The largest absolute Gasteiger partial charge is 0.346 e. The van der Waals surface area contributed by atoms with Gasteiger partial charge in [0.05, 0.1) is 12.1 Å². The van der Waals surface area contributed by atoms with Crippen molar-refractivity contribution in [3.05, 3.63) is 167 Å². The molecular weight excluding hydrogens is 578 g/mol. The predicted octanol–water partition coefficient (Wildman–Crippen LogP) is 7.86. The summed E-state index contributed by atoms with van der Waals surface area (Å²) >= 11 is 0. The van der Waals surface area contributed by atoms with Gasteiger partial charge in [-0.15, -0.1) is 0 Å². The fourth-order valence-electron chi connectivity index (χ4n) is 7.46. The number of ketones is 1. The Bertz CT molecular complexity index is 1710. The molecule has 0 spiro atoms. The zero-order chi connectivity index (χ0) is 33.0. The summed E-state index contributed by atoms with van der Waals surface area (Å²) in [7, 11) is 0. The molecule has 0 aliphatic carbocycles. The molecule has 0 N–H and O–H groups in total. The lowest BCUT2D eigenvalue weighted by atomic mass is 9.65. The Balaban J connectivity index is 1.43. The number of benzene rings is 4. The minimum absolute atomic E-state index is 0.411. The zero-order valence-electron chi connectivity index (χ0n) is 27.7. The first-order chi connectivity index (χ1) is 22.8. The average molecular weight is 622 g/mol. The first-order valence-corrected chi connectivity index (χ1v) is 16.5. The Morgan fingerprint density at radius 2 is 1.30 bits per heavy atom. The second-order valence-corrected chi connectivity index (χ2v) is 13.5. The molecule has 1 unspecified atom stereocenters. The summed E-state index contributed by atoms with van der Waals surface area (Å²) in [5, 5.41) is 0. The number of nitrogens with zero attached hydrogens (tertiary/aromatic N) is 3. The third-order valence-corrected chi connectivity index (χ3v) is 9.75. The van der Waals surface area contributed by atoms with Crippen molar-refractivity contribution in [3.8, 4) is 0 Å². The Morgan fingerprint density at radius 3 is 1.79 bits per heavy atom. The quantitative estimate of drug-likeness (QED) is 0.0854. The van der Waals surface area contributed by atoms with E-state index in [1.807, 2.05) is 12.4 Å². The number of hydrogen-bond acceptors (Lipinski definition) is 5. The molecule has 0 radical (unpaired) electrons. The molecule has 2 heterocycles. The minimum atomic E-state index is -0.622. The number of Topliss-reactive ketones (excluding diaryl/α,β-unsaturated/α-hetero) is 1. The molecule has 0 saturated carbocycles. The first-order valence-electron chi connectivity index (χ1n) is 16.5. The summed E-state index contributed by atoms with van der Waals surface area (Å²) in [5.74, 6) is 0.0876. The van der Waals surface area contributed by atoms with E-state index in [1.54, 1.807) is 0 Å². The van der Waals surface area contributed by atoms with Crippen LogP contribution in [-0.4, -0.2) is 40.2 Å². The van der Waals surface area contributed by atoms with Gasteiger partial charge in [-0.1, -0.05) is 117 Å². The van der Waals surface area contributed by atoms with Crippen molar-refractivity contribution in [1.82, 2.24) is 9.88 Å². The molecule has 238 valence electrons. The van der Waals surface area contributed by atoms with Crippen LogP contribution in [0.25, 0.3) is 0 Å². The molecule has 1 saturated heterocycles. The summed E-state index contributed by atoms with van der Waals surface area (Å²) in [6, 6.07) is 41.9. The molecule has 1 fully saturated rings. The summed E-state index contributed by atoms with van der Waals surface area (Å²) in [6.07, 6.45) is 5.22. The van der Waals surface area contributed by atoms with Crippen molar-refractivity contribution in [2.24, 2.45) is 5.92 Å².